The quantitative estimate of drug-likeness (QED) is 0.766. The maximum atomic E-state index is 9.54. The third-order valence-corrected chi connectivity index (χ3v) is 7.04. The number of fused-ring (bicyclic) bond motifs is 1. The molecule has 0 bridgehead atoms. The first-order chi connectivity index (χ1) is 12.8. The molecule has 2 aliphatic rings. The Morgan fingerprint density at radius 2 is 2.00 bits per heavy atom. The van der Waals surface area contributed by atoms with Crippen LogP contribution in [0, 0.1) is 0 Å². The molecule has 1 aliphatic heterocycles. The number of likely N-dealkylation sites (tertiary alicyclic amines) is 1. The SMILES string of the molecule is OC[C@@H]1CCCN1[C@H]1C[C@@H](c2nc3ccc(-c4cncnc4)cc3s2)C1. The molecule has 0 radical (unpaired) electrons. The van der Waals surface area contributed by atoms with Gasteiger partial charge in [-0.1, -0.05) is 6.07 Å². The molecule has 1 saturated carbocycles. The zero-order chi connectivity index (χ0) is 17.5. The van der Waals surface area contributed by atoms with Gasteiger partial charge in [-0.3, -0.25) is 4.90 Å². The van der Waals surface area contributed by atoms with Crippen LogP contribution >= 0.6 is 11.3 Å². The first-order valence-corrected chi connectivity index (χ1v) is 10.2. The fraction of sp³-hybridized carbons (Fsp3) is 0.450. The second-order valence-corrected chi connectivity index (χ2v) is 8.46. The van der Waals surface area contributed by atoms with Crippen molar-refractivity contribution in [2.75, 3.05) is 13.2 Å². The zero-order valence-corrected chi connectivity index (χ0v) is 15.4. The Morgan fingerprint density at radius 1 is 1.15 bits per heavy atom. The molecular formula is C20H22N4OS. The molecule has 2 aromatic heterocycles. The van der Waals surface area contributed by atoms with Crippen LogP contribution < -0.4 is 0 Å². The minimum Gasteiger partial charge on any atom is -0.395 e. The van der Waals surface area contributed by atoms with Crippen LogP contribution in [0.2, 0.25) is 0 Å². The van der Waals surface area contributed by atoms with Crippen LogP contribution in [-0.2, 0) is 0 Å². The van der Waals surface area contributed by atoms with Crippen molar-refractivity contribution in [1.29, 1.82) is 0 Å². The first kappa shape index (κ1) is 16.3. The first-order valence-electron chi connectivity index (χ1n) is 9.34. The van der Waals surface area contributed by atoms with E-state index in [1.165, 1.54) is 29.0 Å². The summed E-state index contributed by atoms with van der Waals surface area (Å²) in [6.45, 7) is 1.44. The monoisotopic (exact) mass is 366 g/mol. The van der Waals surface area contributed by atoms with E-state index in [2.05, 4.69) is 33.1 Å². The summed E-state index contributed by atoms with van der Waals surface area (Å²) in [6.07, 6.45) is 9.97. The number of aliphatic hydroxyl groups excluding tert-OH is 1. The van der Waals surface area contributed by atoms with Crippen LogP contribution in [0.4, 0.5) is 0 Å². The summed E-state index contributed by atoms with van der Waals surface area (Å²) in [4.78, 5) is 15.6. The molecule has 1 N–H and O–H groups in total. The fourth-order valence-corrected chi connectivity index (χ4v) is 5.47. The van der Waals surface area contributed by atoms with Crippen LogP contribution in [0.3, 0.4) is 0 Å². The molecule has 0 amide bonds. The van der Waals surface area contributed by atoms with E-state index in [0.717, 1.165) is 29.6 Å². The molecule has 5 nitrogen and oxygen atoms in total. The smallest absolute Gasteiger partial charge is 0.115 e. The van der Waals surface area contributed by atoms with Crippen molar-refractivity contribution < 1.29 is 5.11 Å². The lowest BCUT2D eigenvalue weighted by molar-refractivity contribution is 0.0662. The highest BCUT2D eigenvalue weighted by Crippen LogP contribution is 2.44. The average molecular weight is 366 g/mol. The summed E-state index contributed by atoms with van der Waals surface area (Å²) < 4.78 is 1.24. The highest BCUT2D eigenvalue weighted by Gasteiger charge is 2.40. The topological polar surface area (TPSA) is 62.1 Å². The molecule has 1 atom stereocenters. The molecule has 0 spiro atoms. The number of aromatic nitrogens is 3. The summed E-state index contributed by atoms with van der Waals surface area (Å²) in [7, 11) is 0. The molecule has 6 heteroatoms. The van der Waals surface area contributed by atoms with Gasteiger partial charge in [-0.2, -0.15) is 0 Å². The molecule has 5 rings (SSSR count). The van der Waals surface area contributed by atoms with Crippen molar-refractivity contribution >= 4 is 21.6 Å². The van der Waals surface area contributed by atoms with E-state index >= 15 is 0 Å². The van der Waals surface area contributed by atoms with Crippen LogP contribution in [0.25, 0.3) is 21.3 Å². The van der Waals surface area contributed by atoms with Gasteiger partial charge in [0.25, 0.3) is 0 Å². The molecule has 1 saturated heterocycles. The normalized spacial score (nSPS) is 26.3. The molecule has 134 valence electrons. The minimum absolute atomic E-state index is 0.300. The maximum Gasteiger partial charge on any atom is 0.115 e. The Kier molecular flexibility index (Phi) is 4.19. The van der Waals surface area contributed by atoms with Crippen LogP contribution in [0.5, 0.6) is 0 Å². The number of thiazole rings is 1. The van der Waals surface area contributed by atoms with E-state index in [4.69, 9.17) is 4.98 Å². The minimum atomic E-state index is 0.300. The largest absolute Gasteiger partial charge is 0.395 e. The Morgan fingerprint density at radius 3 is 2.81 bits per heavy atom. The highest BCUT2D eigenvalue weighted by atomic mass is 32.1. The molecular weight excluding hydrogens is 344 g/mol. The van der Waals surface area contributed by atoms with Gasteiger partial charge in [-0.25, -0.2) is 15.0 Å². The van der Waals surface area contributed by atoms with E-state index in [1.807, 2.05) is 23.7 Å². The lowest BCUT2D eigenvalue weighted by Crippen LogP contribution is -2.47. The molecule has 2 fully saturated rings. The Bertz CT molecular complexity index is 907. The summed E-state index contributed by atoms with van der Waals surface area (Å²) in [5, 5.41) is 10.8. The van der Waals surface area contributed by atoms with Crippen molar-refractivity contribution in [1.82, 2.24) is 19.9 Å². The van der Waals surface area contributed by atoms with Gasteiger partial charge in [0, 0.05) is 36.0 Å². The number of benzene rings is 1. The van der Waals surface area contributed by atoms with E-state index in [-0.39, 0.29) is 0 Å². The average Bonchev–Trinajstić information content (AvgIpc) is 3.27. The van der Waals surface area contributed by atoms with Gasteiger partial charge >= 0.3 is 0 Å². The number of hydrogen-bond donors (Lipinski definition) is 1. The summed E-state index contributed by atoms with van der Waals surface area (Å²) in [6, 6.07) is 7.42. The van der Waals surface area contributed by atoms with Crippen molar-refractivity contribution in [3.63, 3.8) is 0 Å². The number of hydrogen-bond acceptors (Lipinski definition) is 6. The molecule has 0 unspecified atom stereocenters. The zero-order valence-electron chi connectivity index (χ0n) is 14.6. The standard InChI is InChI=1S/C20H22N4OS/c25-11-16-2-1-5-24(16)17-6-14(7-17)20-23-18-4-3-13(8-19(18)26-20)15-9-21-12-22-10-15/h3-4,8-10,12,14,16-17,25H,1-2,5-7,11H2/t14-,16-,17+/m0/s1. The molecule has 3 aromatic rings. The third kappa shape index (κ3) is 2.82. The van der Waals surface area contributed by atoms with Gasteiger partial charge in [0.2, 0.25) is 0 Å². The van der Waals surface area contributed by atoms with Gasteiger partial charge in [0.15, 0.2) is 0 Å². The number of rotatable bonds is 4. The Labute approximate surface area is 156 Å². The second-order valence-electron chi connectivity index (χ2n) is 7.40. The second kappa shape index (κ2) is 6.68. The molecule has 1 aromatic carbocycles. The maximum absolute atomic E-state index is 9.54. The van der Waals surface area contributed by atoms with Crippen LogP contribution in [0.1, 0.15) is 36.6 Å². The fourth-order valence-electron chi connectivity index (χ4n) is 4.34. The Balaban J connectivity index is 1.33. The molecule has 1 aliphatic carbocycles. The summed E-state index contributed by atoms with van der Waals surface area (Å²) >= 11 is 1.82. The molecule has 26 heavy (non-hydrogen) atoms. The number of nitrogens with zero attached hydrogens (tertiary/aromatic N) is 4. The lowest BCUT2D eigenvalue weighted by Gasteiger charge is -2.42. The summed E-state index contributed by atoms with van der Waals surface area (Å²) in [5.41, 5.74) is 3.27. The lowest BCUT2D eigenvalue weighted by atomic mass is 9.79. The van der Waals surface area contributed by atoms with Gasteiger partial charge in [-0.05, 0) is 49.9 Å². The van der Waals surface area contributed by atoms with Gasteiger partial charge in [-0.15, -0.1) is 11.3 Å². The van der Waals surface area contributed by atoms with E-state index < -0.39 is 0 Å². The van der Waals surface area contributed by atoms with Crippen LogP contribution in [0.15, 0.2) is 36.9 Å². The van der Waals surface area contributed by atoms with Gasteiger partial charge in [0.1, 0.15) is 6.33 Å². The third-order valence-electron chi connectivity index (χ3n) is 5.86. The number of aliphatic hydroxyl groups is 1. The van der Waals surface area contributed by atoms with Crippen molar-refractivity contribution in [2.24, 2.45) is 0 Å². The molecule has 3 heterocycles. The van der Waals surface area contributed by atoms with E-state index in [1.54, 1.807) is 6.33 Å². The predicted octanol–water partition coefficient (Wildman–Crippen LogP) is 3.46. The van der Waals surface area contributed by atoms with Gasteiger partial charge in [0.05, 0.1) is 21.8 Å². The van der Waals surface area contributed by atoms with E-state index in [9.17, 15) is 5.11 Å². The van der Waals surface area contributed by atoms with Crippen molar-refractivity contribution in [3.05, 3.63) is 41.9 Å². The summed E-state index contributed by atoms with van der Waals surface area (Å²) in [5.74, 6) is 0.570. The highest BCUT2D eigenvalue weighted by molar-refractivity contribution is 7.18. The van der Waals surface area contributed by atoms with Gasteiger partial charge < -0.3 is 5.11 Å². The van der Waals surface area contributed by atoms with Crippen LogP contribution in [-0.4, -0.2) is 50.2 Å². The van der Waals surface area contributed by atoms with E-state index in [0.29, 0.717) is 24.6 Å². The predicted molar refractivity (Wildman–Crippen MR) is 103 cm³/mol. The van der Waals surface area contributed by atoms with Crippen molar-refractivity contribution in [2.45, 2.75) is 43.7 Å². The van der Waals surface area contributed by atoms with Crippen molar-refractivity contribution in [3.8, 4) is 11.1 Å². The Hall–Kier alpha value is -1.89.